The summed E-state index contributed by atoms with van der Waals surface area (Å²) in [4.78, 5) is 3.85. The molecule has 4 heteroatoms. The average molecular weight is 251 g/mol. The lowest BCUT2D eigenvalue weighted by Crippen LogP contribution is -2.12. The molecule has 0 aliphatic carbocycles. The fourth-order valence-corrected chi connectivity index (χ4v) is 1.73. The third-order valence-corrected chi connectivity index (χ3v) is 2.56. The molecular formula is C14H12F3N. The Balaban J connectivity index is 2.22. The first-order valence-corrected chi connectivity index (χ1v) is 5.53. The molecule has 0 aliphatic heterocycles. The second-order valence-electron chi connectivity index (χ2n) is 4.20. The van der Waals surface area contributed by atoms with E-state index in [0.29, 0.717) is 0 Å². The Morgan fingerprint density at radius 3 is 2.39 bits per heavy atom. The summed E-state index contributed by atoms with van der Waals surface area (Å²) in [7, 11) is 0. The van der Waals surface area contributed by atoms with Crippen LogP contribution in [0.25, 0.3) is 11.1 Å². The summed E-state index contributed by atoms with van der Waals surface area (Å²) in [6, 6.07) is 10.9. The van der Waals surface area contributed by atoms with Crippen molar-refractivity contribution in [3.8, 4) is 11.1 Å². The van der Waals surface area contributed by atoms with Crippen LogP contribution < -0.4 is 0 Å². The Bertz CT molecular complexity index is 529. The fourth-order valence-electron chi connectivity index (χ4n) is 1.73. The number of alkyl halides is 3. The summed E-state index contributed by atoms with van der Waals surface area (Å²) in [5.41, 5.74) is 2.93. The maximum atomic E-state index is 12.2. The van der Waals surface area contributed by atoms with Crippen molar-refractivity contribution in [1.29, 1.82) is 0 Å². The van der Waals surface area contributed by atoms with Gasteiger partial charge in [0.2, 0.25) is 0 Å². The lowest BCUT2D eigenvalue weighted by atomic mass is 10.0. The molecule has 1 aromatic heterocycles. The molecule has 0 spiro atoms. The lowest BCUT2D eigenvalue weighted by Gasteiger charge is -2.07. The van der Waals surface area contributed by atoms with Gasteiger partial charge >= 0.3 is 6.18 Å². The second-order valence-corrected chi connectivity index (χ2v) is 4.20. The maximum absolute atomic E-state index is 12.2. The van der Waals surface area contributed by atoms with E-state index in [1.54, 1.807) is 6.07 Å². The molecule has 0 aliphatic rings. The van der Waals surface area contributed by atoms with E-state index in [-0.39, 0.29) is 5.69 Å². The summed E-state index contributed by atoms with van der Waals surface area (Å²) in [5.74, 6) is 0. The molecule has 0 N–H and O–H groups in total. The van der Waals surface area contributed by atoms with E-state index in [0.717, 1.165) is 16.7 Å². The highest BCUT2D eigenvalue weighted by molar-refractivity contribution is 5.63. The lowest BCUT2D eigenvalue weighted by molar-refractivity contribution is -0.127. The maximum Gasteiger partial charge on any atom is 0.394 e. The number of aryl methyl sites for hydroxylation is 1. The molecule has 0 amide bonds. The SMILES string of the molecule is Cc1cccc(-c2ccc(CC(F)(F)F)nc2)c1. The van der Waals surface area contributed by atoms with Crippen LogP contribution in [0.4, 0.5) is 13.2 Å². The van der Waals surface area contributed by atoms with E-state index in [1.165, 1.54) is 12.3 Å². The third-order valence-electron chi connectivity index (χ3n) is 2.56. The molecule has 0 saturated heterocycles. The van der Waals surface area contributed by atoms with Crippen molar-refractivity contribution >= 4 is 0 Å². The first-order chi connectivity index (χ1) is 8.44. The van der Waals surface area contributed by atoms with Crippen molar-refractivity contribution in [1.82, 2.24) is 4.98 Å². The normalized spacial score (nSPS) is 11.6. The first kappa shape index (κ1) is 12.6. The van der Waals surface area contributed by atoms with Gasteiger partial charge in [0.05, 0.1) is 6.42 Å². The topological polar surface area (TPSA) is 12.9 Å². The van der Waals surface area contributed by atoms with Crippen molar-refractivity contribution in [3.63, 3.8) is 0 Å². The van der Waals surface area contributed by atoms with Gasteiger partial charge < -0.3 is 0 Å². The molecule has 1 nitrogen and oxygen atoms in total. The van der Waals surface area contributed by atoms with Gasteiger partial charge in [0, 0.05) is 17.5 Å². The quantitative estimate of drug-likeness (QED) is 0.780. The number of benzene rings is 1. The highest BCUT2D eigenvalue weighted by Crippen LogP contribution is 2.23. The fraction of sp³-hybridized carbons (Fsp3) is 0.214. The van der Waals surface area contributed by atoms with Gasteiger partial charge in [-0.05, 0) is 18.6 Å². The Morgan fingerprint density at radius 1 is 1.06 bits per heavy atom. The van der Waals surface area contributed by atoms with Gasteiger partial charge in [-0.15, -0.1) is 0 Å². The molecule has 0 saturated carbocycles. The molecule has 1 heterocycles. The van der Waals surface area contributed by atoms with Crippen molar-refractivity contribution < 1.29 is 13.2 Å². The van der Waals surface area contributed by atoms with Crippen LogP contribution in [0.3, 0.4) is 0 Å². The molecule has 94 valence electrons. The molecule has 0 unspecified atom stereocenters. The number of aromatic nitrogens is 1. The summed E-state index contributed by atoms with van der Waals surface area (Å²) < 4.78 is 36.5. The standard InChI is InChI=1S/C14H12F3N/c1-10-3-2-4-11(7-10)12-5-6-13(18-9-12)8-14(15,16)17/h2-7,9H,8H2,1H3. The number of hydrogen-bond acceptors (Lipinski definition) is 1. The van der Waals surface area contributed by atoms with Crippen LogP contribution in [0.2, 0.25) is 0 Å². The van der Waals surface area contributed by atoms with Gasteiger partial charge in [-0.25, -0.2) is 0 Å². The molecule has 18 heavy (non-hydrogen) atoms. The molecule has 0 fully saturated rings. The van der Waals surface area contributed by atoms with Gasteiger partial charge in [-0.2, -0.15) is 13.2 Å². The number of pyridine rings is 1. The van der Waals surface area contributed by atoms with Crippen molar-refractivity contribution in [2.24, 2.45) is 0 Å². The molecule has 0 bridgehead atoms. The predicted octanol–water partition coefficient (Wildman–Crippen LogP) is 4.16. The Labute approximate surface area is 103 Å². The zero-order valence-electron chi connectivity index (χ0n) is 9.83. The number of rotatable bonds is 2. The number of hydrogen-bond donors (Lipinski definition) is 0. The van der Waals surface area contributed by atoms with E-state index in [9.17, 15) is 13.2 Å². The molecular weight excluding hydrogens is 239 g/mol. The minimum absolute atomic E-state index is 0.0407. The molecule has 2 aromatic rings. The molecule has 2 rings (SSSR count). The predicted molar refractivity (Wildman–Crippen MR) is 64.2 cm³/mol. The van der Waals surface area contributed by atoms with Crippen LogP contribution in [-0.2, 0) is 6.42 Å². The molecule has 1 aromatic carbocycles. The van der Waals surface area contributed by atoms with E-state index in [2.05, 4.69) is 4.98 Å². The van der Waals surface area contributed by atoms with Crippen LogP contribution in [0.1, 0.15) is 11.3 Å². The smallest absolute Gasteiger partial charge is 0.260 e. The second kappa shape index (κ2) is 4.80. The Morgan fingerprint density at radius 2 is 1.83 bits per heavy atom. The van der Waals surface area contributed by atoms with Gasteiger partial charge in [0.25, 0.3) is 0 Å². The van der Waals surface area contributed by atoms with E-state index in [1.807, 2.05) is 31.2 Å². The van der Waals surface area contributed by atoms with Gasteiger partial charge in [-0.1, -0.05) is 35.9 Å². The minimum atomic E-state index is -4.21. The Hall–Kier alpha value is -1.84. The van der Waals surface area contributed by atoms with Crippen LogP contribution in [0.5, 0.6) is 0 Å². The first-order valence-electron chi connectivity index (χ1n) is 5.53. The van der Waals surface area contributed by atoms with Crippen LogP contribution in [0, 0.1) is 6.92 Å². The van der Waals surface area contributed by atoms with E-state index < -0.39 is 12.6 Å². The monoisotopic (exact) mass is 251 g/mol. The average Bonchev–Trinajstić information content (AvgIpc) is 2.28. The highest BCUT2D eigenvalue weighted by atomic mass is 19.4. The summed E-state index contributed by atoms with van der Waals surface area (Å²) in [6.45, 7) is 1.97. The minimum Gasteiger partial charge on any atom is -0.260 e. The van der Waals surface area contributed by atoms with Crippen LogP contribution >= 0.6 is 0 Å². The molecule has 0 atom stereocenters. The largest absolute Gasteiger partial charge is 0.394 e. The summed E-state index contributed by atoms with van der Waals surface area (Å²) in [6.07, 6.45) is -3.71. The number of nitrogens with zero attached hydrogens (tertiary/aromatic N) is 1. The molecule has 0 radical (unpaired) electrons. The Kier molecular flexibility index (Phi) is 3.36. The van der Waals surface area contributed by atoms with Crippen molar-refractivity contribution in [2.75, 3.05) is 0 Å². The van der Waals surface area contributed by atoms with E-state index >= 15 is 0 Å². The summed E-state index contributed by atoms with van der Waals surface area (Å²) >= 11 is 0. The zero-order chi connectivity index (χ0) is 13.2. The van der Waals surface area contributed by atoms with Crippen molar-refractivity contribution in [3.05, 3.63) is 53.9 Å². The third kappa shape index (κ3) is 3.32. The van der Waals surface area contributed by atoms with Gasteiger partial charge in [-0.3, -0.25) is 4.98 Å². The number of halogens is 3. The zero-order valence-corrected chi connectivity index (χ0v) is 9.83. The van der Waals surface area contributed by atoms with Crippen LogP contribution in [0.15, 0.2) is 42.6 Å². The van der Waals surface area contributed by atoms with E-state index in [4.69, 9.17) is 0 Å². The van der Waals surface area contributed by atoms with Gasteiger partial charge in [0.1, 0.15) is 0 Å². The summed E-state index contributed by atoms with van der Waals surface area (Å²) in [5, 5.41) is 0. The van der Waals surface area contributed by atoms with Crippen LogP contribution in [-0.4, -0.2) is 11.2 Å². The highest BCUT2D eigenvalue weighted by Gasteiger charge is 2.28. The van der Waals surface area contributed by atoms with Crippen molar-refractivity contribution in [2.45, 2.75) is 19.5 Å². The van der Waals surface area contributed by atoms with Gasteiger partial charge in [0.15, 0.2) is 0 Å².